The van der Waals surface area contributed by atoms with Gasteiger partial charge in [0.15, 0.2) is 7.28 Å². The standard InChI is InChI=1S/C11H9BN2O/c1-12-8-2-3-10-9(4-8)11(15)7(5-13)6-14-10/h2-4,6,12H,1H3,(H,14,15). The fourth-order valence-corrected chi connectivity index (χ4v) is 1.53. The number of nitriles is 1. The highest BCUT2D eigenvalue weighted by molar-refractivity contribution is 6.52. The summed E-state index contributed by atoms with van der Waals surface area (Å²) in [5, 5.41) is 19.2. The number of fused-ring (bicyclic) bond motifs is 1. The number of aromatic hydroxyl groups is 1. The minimum absolute atomic E-state index is 0.0257. The number of hydrogen-bond donors (Lipinski definition) is 1. The minimum atomic E-state index is 0.0257. The van der Waals surface area contributed by atoms with Crippen molar-refractivity contribution in [2.45, 2.75) is 6.82 Å². The van der Waals surface area contributed by atoms with Crippen molar-refractivity contribution in [3.05, 3.63) is 30.0 Å². The summed E-state index contributed by atoms with van der Waals surface area (Å²) in [4.78, 5) is 4.11. The zero-order chi connectivity index (χ0) is 10.8. The molecular weight excluding hydrogens is 187 g/mol. The number of pyridine rings is 1. The molecule has 0 saturated heterocycles. The van der Waals surface area contributed by atoms with Crippen molar-refractivity contribution in [2.24, 2.45) is 0 Å². The van der Waals surface area contributed by atoms with E-state index in [1.807, 2.05) is 31.1 Å². The minimum Gasteiger partial charge on any atom is -0.506 e. The third kappa shape index (κ3) is 1.53. The molecule has 1 N–H and O–H groups in total. The lowest BCUT2D eigenvalue weighted by atomic mass is 9.73. The number of aromatic nitrogens is 1. The van der Waals surface area contributed by atoms with Gasteiger partial charge in [0.25, 0.3) is 0 Å². The predicted molar refractivity (Wildman–Crippen MR) is 60.8 cm³/mol. The number of hydrogen-bond acceptors (Lipinski definition) is 3. The van der Waals surface area contributed by atoms with Crippen molar-refractivity contribution < 1.29 is 5.11 Å². The Hall–Kier alpha value is -2.02. The Labute approximate surface area is 88.2 Å². The smallest absolute Gasteiger partial charge is 0.154 e. The van der Waals surface area contributed by atoms with Crippen LogP contribution in [-0.4, -0.2) is 17.4 Å². The fourth-order valence-electron chi connectivity index (χ4n) is 1.53. The average molecular weight is 196 g/mol. The molecule has 0 amide bonds. The molecular formula is C11H9BN2O. The molecule has 1 heterocycles. The topological polar surface area (TPSA) is 56.9 Å². The van der Waals surface area contributed by atoms with Crippen molar-refractivity contribution in [2.75, 3.05) is 0 Å². The van der Waals surface area contributed by atoms with Gasteiger partial charge in [0, 0.05) is 11.6 Å². The van der Waals surface area contributed by atoms with Crippen LogP contribution in [0.15, 0.2) is 24.4 Å². The van der Waals surface area contributed by atoms with Crippen LogP contribution in [0.2, 0.25) is 6.82 Å². The van der Waals surface area contributed by atoms with E-state index in [9.17, 15) is 5.11 Å². The maximum Gasteiger partial charge on any atom is 0.154 e. The highest BCUT2D eigenvalue weighted by Crippen LogP contribution is 2.25. The summed E-state index contributed by atoms with van der Waals surface area (Å²) < 4.78 is 0. The summed E-state index contributed by atoms with van der Waals surface area (Å²) in [6.07, 6.45) is 1.39. The van der Waals surface area contributed by atoms with E-state index in [1.165, 1.54) is 6.20 Å². The summed E-state index contributed by atoms with van der Waals surface area (Å²) in [5.41, 5.74) is 2.05. The van der Waals surface area contributed by atoms with Crippen LogP contribution in [-0.2, 0) is 0 Å². The molecule has 1 aromatic carbocycles. The monoisotopic (exact) mass is 196 g/mol. The van der Waals surface area contributed by atoms with Crippen LogP contribution in [0.1, 0.15) is 5.56 Å². The van der Waals surface area contributed by atoms with Crippen LogP contribution in [0.5, 0.6) is 5.75 Å². The van der Waals surface area contributed by atoms with Gasteiger partial charge in [-0.3, -0.25) is 4.98 Å². The van der Waals surface area contributed by atoms with E-state index in [-0.39, 0.29) is 11.3 Å². The first-order chi connectivity index (χ1) is 7.26. The third-order valence-electron chi connectivity index (χ3n) is 2.43. The maximum absolute atomic E-state index is 9.81. The Morgan fingerprint density at radius 2 is 2.27 bits per heavy atom. The number of benzene rings is 1. The van der Waals surface area contributed by atoms with Crippen LogP contribution >= 0.6 is 0 Å². The van der Waals surface area contributed by atoms with Crippen molar-refractivity contribution in [1.29, 1.82) is 5.26 Å². The van der Waals surface area contributed by atoms with Gasteiger partial charge in [-0.15, -0.1) is 0 Å². The molecule has 3 nitrogen and oxygen atoms in total. The molecule has 0 saturated carbocycles. The van der Waals surface area contributed by atoms with Gasteiger partial charge in [-0.2, -0.15) is 5.26 Å². The fraction of sp³-hybridized carbons (Fsp3) is 0.0909. The first-order valence-electron chi connectivity index (χ1n) is 4.77. The molecule has 0 aliphatic heterocycles. The van der Waals surface area contributed by atoms with E-state index in [2.05, 4.69) is 4.98 Å². The van der Waals surface area contributed by atoms with Crippen LogP contribution in [0, 0.1) is 11.3 Å². The Kier molecular flexibility index (Phi) is 2.30. The molecule has 0 aliphatic carbocycles. The molecule has 0 radical (unpaired) electrons. The summed E-state index contributed by atoms with van der Waals surface area (Å²) in [6.45, 7) is 2.04. The van der Waals surface area contributed by atoms with Crippen molar-refractivity contribution in [3.63, 3.8) is 0 Å². The van der Waals surface area contributed by atoms with Crippen molar-refractivity contribution >= 4 is 23.6 Å². The molecule has 0 bridgehead atoms. The van der Waals surface area contributed by atoms with Crippen LogP contribution in [0.4, 0.5) is 0 Å². The summed E-state index contributed by atoms with van der Waals surface area (Å²) in [6, 6.07) is 7.62. The molecule has 2 aromatic rings. The lowest BCUT2D eigenvalue weighted by molar-refractivity contribution is 0.479. The Balaban J connectivity index is 2.79. The molecule has 0 unspecified atom stereocenters. The Morgan fingerprint density at radius 3 is 2.93 bits per heavy atom. The third-order valence-corrected chi connectivity index (χ3v) is 2.43. The van der Waals surface area contributed by atoms with Crippen molar-refractivity contribution in [1.82, 2.24) is 4.98 Å². The van der Waals surface area contributed by atoms with Gasteiger partial charge in [0.1, 0.15) is 17.4 Å². The molecule has 0 aliphatic rings. The van der Waals surface area contributed by atoms with E-state index in [0.29, 0.717) is 10.9 Å². The lowest BCUT2D eigenvalue weighted by Crippen LogP contribution is -2.09. The highest BCUT2D eigenvalue weighted by Gasteiger charge is 2.07. The summed E-state index contributed by atoms with van der Waals surface area (Å²) >= 11 is 0. The summed E-state index contributed by atoms with van der Waals surface area (Å²) in [5.74, 6) is 0.0257. The second-order valence-electron chi connectivity index (χ2n) is 3.34. The predicted octanol–water partition coefficient (Wildman–Crippen LogP) is 0.922. The zero-order valence-electron chi connectivity index (χ0n) is 8.36. The van der Waals surface area contributed by atoms with Gasteiger partial charge in [-0.05, 0) is 6.07 Å². The average Bonchev–Trinajstić information content (AvgIpc) is 2.29. The zero-order valence-corrected chi connectivity index (χ0v) is 8.36. The van der Waals surface area contributed by atoms with Crippen LogP contribution in [0.25, 0.3) is 10.9 Å². The van der Waals surface area contributed by atoms with Crippen molar-refractivity contribution in [3.8, 4) is 11.8 Å². The lowest BCUT2D eigenvalue weighted by Gasteiger charge is -2.03. The highest BCUT2D eigenvalue weighted by atomic mass is 16.3. The normalized spacial score (nSPS) is 9.87. The maximum atomic E-state index is 9.81. The molecule has 72 valence electrons. The number of rotatable bonds is 1. The van der Waals surface area contributed by atoms with E-state index >= 15 is 0 Å². The van der Waals surface area contributed by atoms with E-state index in [0.717, 1.165) is 12.7 Å². The number of nitrogens with zero attached hydrogens (tertiary/aromatic N) is 2. The summed E-state index contributed by atoms with van der Waals surface area (Å²) in [7, 11) is 0.895. The molecule has 0 atom stereocenters. The molecule has 2 rings (SSSR count). The van der Waals surface area contributed by atoms with E-state index in [4.69, 9.17) is 5.26 Å². The molecule has 15 heavy (non-hydrogen) atoms. The van der Waals surface area contributed by atoms with Gasteiger partial charge < -0.3 is 5.11 Å². The van der Waals surface area contributed by atoms with E-state index < -0.39 is 0 Å². The quantitative estimate of drug-likeness (QED) is 0.690. The van der Waals surface area contributed by atoms with E-state index in [1.54, 1.807) is 0 Å². The van der Waals surface area contributed by atoms with Gasteiger partial charge >= 0.3 is 0 Å². The van der Waals surface area contributed by atoms with Gasteiger partial charge in [-0.1, -0.05) is 24.4 Å². The largest absolute Gasteiger partial charge is 0.506 e. The van der Waals surface area contributed by atoms with Gasteiger partial charge in [0.05, 0.1) is 5.52 Å². The Morgan fingerprint density at radius 1 is 1.47 bits per heavy atom. The Bertz CT molecular complexity index is 560. The van der Waals surface area contributed by atoms with Crippen LogP contribution in [0.3, 0.4) is 0 Å². The first kappa shape index (κ1) is 9.54. The molecule has 0 spiro atoms. The molecule has 1 aromatic heterocycles. The van der Waals surface area contributed by atoms with Gasteiger partial charge in [-0.25, -0.2) is 0 Å². The second-order valence-corrected chi connectivity index (χ2v) is 3.34. The SMILES string of the molecule is CBc1ccc2ncc(C#N)c(O)c2c1. The second kappa shape index (κ2) is 3.62. The van der Waals surface area contributed by atoms with Gasteiger partial charge in [0.2, 0.25) is 0 Å². The molecule has 4 heteroatoms. The molecule has 0 fully saturated rings. The first-order valence-corrected chi connectivity index (χ1v) is 4.77. The van der Waals surface area contributed by atoms with Crippen LogP contribution < -0.4 is 5.46 Å².